The van der Waals surface area contributed by atoms with E-state index in [0.717, 1.165) is 18.4 Å². The minimum atomic E-state index is -4.61. The lowest BCUT2D eigenvalue weighted by Gasteiger charge is -2.15. The molecule has 9 heteroatoms. The van der Waals surface area contributed by atoms with E-state index in [0.29, 0.717) is 5.56 Å². The summed E-state index contributed by atoms with van der Waals surface area (Å²) in [7, 11) is -3.56. The summed E-state index contributed by atoms with van der Waals surface area (Å²) in [5.41, 5.74) is -0.799. The maximum atomic E-state index is 13.0. The van der Waals surface area contributed by atoms with Crippen LogP contribution in [0, 0.1) is 6.92 Å². The first-order chi connectivity index (χ1) is 11.5. The van der Waals surface area contributed by atoms with E-state index in [2.05, 4.69) is 10.0 Å². The van der Waals surface area contributed by atoms with E-state index < -0.39 is 27.7 Å². The summed E-state index contributed by atoms with van der Waals surface area (Å²) in [5.74, 6) is -0.772. The number of nitrogens with one attached hydrogen (secondary N) is 2. The van der Waals surface area contributed by atoms with Gasteiger partial charge in [0.25, 0.3) is 5.91 Å². The van der Waals surface area contributed by atoms with Gasteiger partial charge in [0, 0.05) is 5.56 Å². The molecule has 1 amide bonds. The molecule has 0 aliphatic carbocycles. The third-order valence-corrected chi connectivity index (χ3v) is 3.95. The summed E-state index contributed by atoms with van der Waals surface area (Å²) < 4.78 is 64.0. The highest BCUT2D eigenvalue weighted by Crippen LogP contribution is 2.35. The number of sulfonamides is 1. The molecule has 0 aliphatic rings. The van der Waals surface area contributed by atoms with Gasteiger partial charge in [-0.1, -0.05) is 18.2 Å². The van der Waals surface area contributed by atoms with Gasteiger partial charge in [-0.25, -0.2) is 8.42 Å². The molecule has 0 bridgehead atoms. The maximum Gasteiger partial charge on any atom is 0.418 e. The number of hydrogen-bond donors (Lipinski definition) is 2. The van der Waals surface area contributed by atoms with Crippen molar-refractivity contribution in [1.82, 2.24) is 0 Å². The highest BCUT2D eigenvalue weighted by atomic mass is 32.2. The molecular weight excluding hydrogens is 357 g/mol. The highest BCUT2D eigenvalue weighted by Gasteiger charge is 2.33. The Morgan fingerprint density at radius 3 is 2.20 bits per heavy atom. The number of halogens is 3. The molecule has 2 N–H and O–H groups in total. The molecule has 0 atom stereocenters. The molecule has 0 spiro atoms. The van der Waals surface area contributed by atoms with Gasteiger partial charge in [-0.15, -0.1) is 0 Å². The van der Waals surface area contributed by atoms with Gasteiger partial charge in [0.15, 0.2) is 0 Å². The van der Waals surface area contributed by atoms with Gasteiger partial charge in [0.05, 0.1) is 23.2 Å². The van der Waals surface area contributed by atoms with Crippen molar-refractivity contribution >= 4 is 27.3 Å². The summed E-state index contributed by atoms with van der Waals surface area (Å²) in [5, 5.41) is 2.23. The Hall–Kier alpha value is -2.55. The first-order valence-electron chi connectivity index (χ1n) is 7.04. The summed E-state index contributed by atoms with van der Waals surface area (Å²) in [6, 6.07) is 8.90. The minimum Gasteiger partial charge on any atom is -0.321 e. The van der Waals surface area contributed by atoms with Crippen molar-refractivity contribution in [2.45, 2.75) is 13.1 Å². The van der Waals surface area contributed by atoms with Gasteiger partial charge in [-0.2, -0.15) is 13.2 Å². The van der Waals surface area contributed by atoms with Crippen LogP contribution < -0.4 is 10.0 Å². The topological polar surface area (TPSA) is 75.3 Å². The van der Waals surface area contributed by atoms with Crippen LogP contribution in [0.5, 0.6) is 0 Å². The van der Waals surface area contributed by atoms with Crippen molar-refractivity contribution < 1.29 is 26.4 Å². The number of rotatable bonds is 4. The van der Waals surface area contributed by atoms with Crippen LogP contribution in [0.1, 0.15) is 21.5 Å². The molecule has 5 nitrogen and oxygen atoms in total. The molecular formula is C16H15F3N2O3S. The van der Waals surface area contributed by atoms with Crippen molar-refractivity contribution in [2.75, 3.05) is 16.3 Å². The zero-order valence-corrected chi connectivity index (χ0v) is 14.1. The summed E-state index contributed by atoms with van der Waals surface area (Å²) in [6.45, 7) is 1.50. The molecule has 0 aliphatic heterocycles. The Bertz CT molecular complexity index is 909. The third-order valence-electron chi connectivity index (χ3n) is 3.35. The maximum absolute atomic E-state index is 13.0. The number of anilines is 2. The van der Waals surface area contributed by atoms with Crippen molar-refractivity contribution in [1.29, 1.82) is 0 Å². The molecule has 2 rings (SSSR count). The Kier molecular flexibility index (Phi) is 5.07. The molecule has 0 saturated heterocycles. The molecule has 2 aromatic carbocycles. The van der Waals surface area contributed by atoms with Crippen LogP contribution in [0.4, 0.5) is 24.5 Å². The van der Waals surface area contributed by atoms with Gasteiger partial charge >= 0.3 is 6.18 Å². The van der Waals surface area contributed by atoms with E-state index >= 15 is 0 Å². The van der Waals surface area contributed by atoms with Gasteiger partial charge < -0.3 is 5.32 Å². The second kappa shape index (κ2) is 6.75. The Labute approximate surface area is 142 Å². The summed E-state index contributed by atoms with van der Waals surface area (Å²) in [4.78, 5) is 12.4. The van der Waals surface area contributed by atoms with Crippen LogP contribution in [0.25, 0.3) is 0 Å². The zero-order chi connectivity index (χ0) is 18.8. The number of hydrogen-bond acceptors (Lipinski definition) is 3. The average molecular weight is 372 g/mol. The van der Waals surface area contributed by atoms with Gasteiger partial charge in [-0.3, -0.25) is 9.52 Å². The second-order valence-corrected chi connectivity index (χ2v) is 7.10. The molecule has 2 aromatic rings. The van der Waals surface area contributed by atoms with E-state index in [-0.39, 0.29) is 16.9 Å². The number of carbonyl (C=O) groups is 1. The molecule has 0 aromatic heterocycles. The Morgan fingerprint density at radius 1 is 1.00 bits per heavy atom. The van der Waals surface area contributed by atoms with Crippen molar-refractivity contribution in [3.8, 4) is 0 Å². The molecule has 0 unspecified atom stereocenters. The van der Waals surface area contributed by atoms with Gasteiger partial charge in [0.2, 0.25) is 10.0 Å². The van der Waals surface area contributed by atoms with Gasteiger partial charge in [-0.05, 0) is 36.8 Å². The molecule has 0 fully saturated rings. The summed E-state index contributed by atoms with van der Waals surface area (Å²) in [6.07, 6.45) is -3.66. The summed E-state index contributed by atoms with van der Waals surface area (Å²) >= 11 is 0. The van der Waals surface area contributed by atoms with Gasteiger partial charge in [0.1, 0.15) is 0 Å². The first-order valence-corrected chi connectivity index (χ1v) is 8.93. The normalized spacial score (nSPS) is 11.9. The number of amides is 1. The third kappa shape index (κ3) is 4.72. The van der Waals surface area contributed by atoms with E-state index in [1.165, 1.54) is 37.3 Å². The van der Waals surface area contributed by atoms with Crippen molar-refractivity contribution in [2.24, 2.45) is 0 Å². The van der Waals surface area contributed by atoms with E-state index in [1.54, 1.807) is 0 Å². The Balaban J connectivity index is 2.36. The first kappa shape index (κ1) is 18.8. The monoisotopic (exact) mass is 372 g/mol. The van der Waals surface area contributed by atoms with E-state index in [1.807, 2.05) is 0 Å². The van der Waals surface area contributed by atoms with Crippen LogP contribution in [-0.4, -0.2) is 20.6 Å². The van der Waals surface area contributed by atoms with Crippen LogP contribution >= 0.6 is 0 Å². The smallest absolute Gasteiger partial charge is 0.321 e. The number of para-hydroxylation sites is 1. The van der Waals surface area contributed by atoms with Crippen molar-refractivity contribution in [3.63, 3.8) is 0 Å². The second-order valence-electron chi connectivity index (χ2n) is 5.35. The largest absolute Gasteiger partial charge is 0.418 e. The average Bonchev–Trinajstić information content (AvgIpc) is 2.47. The number of carbonyl (C=O) groups excluding carboxylic acids is 1. The minimum absolute atomic E-state index is 0.0608. The lowest BCUT2D eigenvalue weighted by atomic mass is 10.1. The molecule has 0 radical (unpaired) electrons. The van der Waals surface area contributed by atoms with Crippen LogP contribution in [0.2, 0.25) is 0 Å². The fraction of sp³-hybridized carbons (Fsp3) is 0.188. The van der Waals surface area contributed by atoms with E-state index in [9.17, 15) is 26.4 Å². The molecule has 0 heterocycles. The van der Waals surface area contributed by atoms with Crippen LogP contribution in [0.3, 0.4) is 0 Å². The van der Waals surface area contributed by atoms with Crippen molar-refractivity contribution in [3.05, 3.63) is 59.2 Å². The fourth-order valence-corrected chi connectivity index (χ4v) is 2.84. The SMILES string of the molecule is Cc1c(NS(C)(=O)=O)cccc1C(=O)Nc1ccccc1C(F)(F)F. The predicted octanol–water partition coefficient (Wildman–Crippen LogP) is 3.64. The fourth-order valence-electron chi connectivity index (χ4n) is 2.22. The lowest BCUT2D eigenvalue weighted by molar-refractivity contribution is -0.136. The lowest BCUT2D eigenvalue weighted by Crippen LogP contribution is -2.18. The number of benzene rings is 2. The Morgan fingerprint density at radius 2 is 1.60 bits per heavy atom. The molecule has 134 valence electrons. The predicted molar refractivity (Wildman–Crippen MR) is 89.0 cm³/mol. The molecule has 0 saturated carbocycles. The number of alkyl halides is 3. The van der Waals surface area contributed by atoms with Crippen LogP contribution in [-0.2, 0) is 16.2 Å². The standard InChI is InChI=1S/C16H15F3N2O3S/c1-10-11(6-5-9-13(10)21-25(2,23)24)15(22)20-14-8-4-3-7-12(14)16(17,18)19/h3-9,21H,1-2H3,(H,20,22). The quantitative estimate of drug-likeness (QED) is 0.860. The molecule has 25 heavy (non-hydrogen) atoms. The zero-order valence-electron chi connectivity index (χ0n) is 13.3. The van der Waals surface area contributed by atoms with Crippen LogP contribution in [0.15, 0.2) is 42.5 Å². The highest BCUT2D eigenvalue weighted by molar-refractivity contribution is 7.92. The van der Waals surface area contributed by atoms with E-state index in [4.69, 9.17) is 0 Å².